The SMILES string of the molecule is CCCC(NCC1CCCCN1)c1cccs1. The number of piperidine rings is 1. The molecule has 0 saturated carbocycles. The van der Waals surface area contributed by atoms with Gasteiger partial charge in [-0.25, -0.2) is 0 Å². The lowest BCUT2D eigenvalue weighted by Crippen LogP contribution is -2.42. The van der Waals surface area contributed by atoms with Gasteiger partial charge in [0.05, 0.1) is 0 Å². The lowest BCUT2D eigenvalue weighted by Gasteiger charge is -2.26. The van der Waals surface area contributed by atoms with Crippen molar-refractivity contribution in [2.75, 3.05) is 13.1 Å². The number of nitrogens with one attached hydrogen (secondary N) is 2. The molecule has 96 valence electrons. The smallest absolute Gasteiger partial charge is 0.0415 e. The van der Waals surface area contributed by atoms with Crippen molar-refractivity contribution < 1.29 is 0 Å². The highest BCUT2D eigenvalue weighted by molar-refractivity contribution is 7.10. The first kappa shape index (κ1) is 13.1. The van der Waals surface area contributed by atoms with Crippen molar-refractivity contribution in [1.82, 2.24) is 10.6 Å². The molecule has 3 heteroatoms. The van der Waals surface area contributed by atoms with Gasteiger partial charge in [0.15, 0.2) is 0 Å². The Labute approximate surface area is 109 Å². The maximum absolute atomic E-state index is 3.74. The van der Waals surface area contributed by atoms with Gasteiger partial charge in [0.25, 0.3) is 0 Å². The fraction of sp³-hybridized carbons (Fsp3) is 0.714. The molecule has 1 fully saturated rings. The second-order valence-electron chi connectivity index (χ2n) is 4.91. The molecule has 1 aromatic heterocycles. The summed E-state index contributed by atoms with van der Waals surface area (Å²) in [5.41, 5.74) is 0. The van der Waals surface area contributed by atoms with Gasteiger partial charge in [0.2, 0.25) is 0 Å². The van der Waals surface area contributed by atoms with Crippen molar-refractivity contribution in [3.05, 3.63) is 22.4 Å². The van der Waals surface area contributed by atoms with E-state index in [0.29, 0.717) is 12.1 Å². The predicted octanol–water partition coefficient (Wildman–Crippen LogP) is 3.32. The molecule has 2 unspecified atom stereocenters. The summed E-state index contributed by atoms with van der Waals surface area (Å²) in [5, 5.41) is 9.52. The van der Waals surface area contributed by atoms with Gasteiger partial charge in [-0.2, -0.15) is 0 Å². The summed E-state index contributed by atoms with van der Waals surface area (Å²) >= 11 is 1.87. The van der Waals surface area contributed by atoms with Gasteiger partial charge in [0, 0.05) is 23.5 Å². The molecule has 0 bridgehead atoms. The molecule has 1 saturated heterocycles. The van der Waals surface area contributed by atoms with E-state index in [2.05, 4.69) is 35.1 Å². The van der Waals surface area contributed by atoms with Crippen LogP contribution in [0.1, 0.15) is 49.9 Å². The minimum Gasteiger partial charge on any atom is -0.313 e. The minimum atomic E-state index is 0.559. The van der Waals surface area contributed by atoms with Crippen LogP contribution >= 0.6 is 11.3 Å². The fourth-order valence-corrected chi connectivity index (χ4v) is 3.34. The zero-order chi connectivity index (χ0) is 11.9. The van der Waals surface area contributed by atoms with E-state index >= 15 is 0 Å². The molecular weight excluding hydrogens is 228 g/mol. The highest BCUT2D eigenvalue weighted by Gasteiger charge is 2.16. The molecule has 0 amide bonds. The molecule has 1 aromatic rings. The van der Waals surface area contributed by atoms with Crippen molar-refractivity contribution in [3.8, 4) is 0 Å². The van der Waals surface area contributed by atoms with Crippen LogP contribution in [-0.4, -0.2) is 19.1 Å². The van der Waals surface area contributed by atoms with Crippen LogP contribution in [0.25, 0.3) is 0 Å². The third-order valence-corrected chi connectivity index (χ3v) is 4.47. The monoisotopic (exact) mass is 252 g/mol. The first-order valence-electron chi connectivity index (χ1n) is 6.90. The largest absolute Gasteiger partial charge is 0.313 e. The summed E-state index contributed by atoms with van der Waals surface area (Å²) in [5.74, 6) is 0. The van der Waals surface area contributed by atoms with Crippen LogP contribution in [0.15, 0.2) is 17.5 Å². The minimum absolute atomic E-state index is 0.559. The van der Waals surface area contributed by atoms with Gasteiger partial charge in [-0.05, 0) is 37.3 Å². The lowest BCUT2D eigenvalue weighted by molar-refractivity contribution is 0.362. The topological polar surface area (TPSA) is 24.1 Å². The molecule has 1 aliphatic rings. The van der Waals surface area contributed by atoms with Gasteiger partial charge in [-0.3, -0.25) is 0 Å². The molecule has 0 aliphatic carbocycles. The molecule has 0 aromatic carbocycles. The van der Waals surface area contributed by atoms with Gasteiger partial charge >= 0.3 is 0 Å². The standard InChI is InChI=1S/C14H24N2S/c1-2-6-13(14-8-5-10-17-14)16-11-12-7-3-4-9-15-12/h5,8,10,12-13,15-16H,2-4,6-7,9,11H2,1H3. The first-order chi connectivity index (χ1) is 8.40. The van der Waals surface area contributed by atoms with E-state index in [1.165, 1.54) is 43.5 Å². The normalized spacial score (nSPS) is 22.5. The average molecular weight is 252 g/mol. The van der Waals surface area contributed by atoms with E-state index in [-0.39, 0.29) is 0 Å². The maximum Gasteiger partial charge on any atom is 0.0415 e. The van der Waals surface area contributed by atoms with Gasteiger partial charge in [-0.15, -0.1) is 11.3 Å². The zero-order valence-corrected chi connectivity index (χ0v) is 11.6. The highest BCUT2D eigenvalue weighted by Crippen LogP contribution is 2.23. The van der Waals surface area contributed by atoms with E-state index in [1.54, 1.807) is 0 Å². The molecule has 17 heavy (non-hydrogen) atoms. The second kappa shape index (κ2) is 7.14. The van der Waals surface area contributed by atoms with Crippen LogP contribution in [0.5, 0.6) is 0 Å². The van der Waals surface area contributed by atoms with E-state index in [0.717, 1.165) is 6.54 Å². The van der Waals surface area contributed by atoms with Crippen LogP contribution in [0.2, 0.25) is 0 Å². The fourth-order valence-electron chi connectivity index (χ4n) is 2.51. The summed E-state index contributed by atoms with van der Waals surface area (Å²) in [6.45, 7) is 4.58. The van der Waals surface area contributed by atoms with Crippen LogP contribution in [0.3, 0.4) is 0 Å². The van der Waals surface area contributed by atoms with E-state index in [1.807, 2.05) is 11.3 Å². The maximum atomic E-state index is 3.74. The van der Waals surface area contributed by atoms with Crippen molar-refractivity contribution in [2.24, 2.45) is 0 Å². The molecule has 2 rings (SSSR count). The Kier molecular flexibility index (Phi) is 5.49. The Morgan fingerprint density at radius 2 is 2.47 bits per heavy atom. The average Bonchev–Trinajstić information content (AvgIpc) is 2.89. The lowest BCUT2D eigenvalue weighted by atomic mass is 10.0. The number of rotatable bonds is 6. The molecule has 0 radical (unpaired) electrons. The highest BCUT2D eigenvalue weighted by atomic mass is 32.1. The Hall–Kier alpha value is -0.380. The summed E-state index contributed by atoms with van der Waals surface area (Å²) in [7, 11) is 0. The Morgan fingerprint density at radius 3 is 3.12 bits per heavy atom. The van der Waals surface area contributed by atoms with E-state index in [4.69, 9.17) is 0 Å². The molecule has 2 N–H and O–H groups in total. The van der Waals surface area contributed by atoms with Gasteiger partial charge < -0.3 is 10.6 Å². The molecule has 2 heterocycles. The first-order valence-corrected chi connectivity index (χ1v) is 7.78. The van der Waals surface area contributed by atoms with Gasteiger partial charge in [-0.1, -0.05) is 25.8 Å². The molecule has 2 nitrogen and oxygen atoms in total. The summed E-state index contributed by atoms with van der Waals surface area (Å²) < 4.78 is 0. The Balaban J connectivity index is 1.81. The van der Waals surface area contributed by atoms with E-state index < -0.39 is 0 Å². The molecule has 2 atom stereocenters. The summed E-state index contributed by atoms with van der Waals surface area (Å²) in [6.07, 6.45) is 6.55. The number of hydrogen-bond donors (Lipinski definition) is 2. The number of hydrogen-bond acceptors (Lipinski definition) is 3. The third-order valence-electron chi connectivity index (χ3n) is 3.49. The Bertz CT molecular complexity index is 291. The van der Waals surface area contributed by atoms with Crippen LogP contribution < -0.4 is 10.6 Å². The summed E-state index contributed by atoms with van der Waals surface area (Å²) in [6, 6.07) is 5.65. The summed E-state index contributed by atoms with van der Waals surface area (Å²) in [4.78, 5) is 1.49. The molecule has 1 aliphatic heterocycles. The zero-order valence-electron chi connectivity index (χ0n) is 10.7. The van der Waals surface area contributed by atoms with Crippen molar-refractivity contribution in [3.63, 3.8) is 0 Å². The van der Waals surface area contributed by atoms with E-state index in [9.17, 15) is 0 Å². The predicted molar refractivity (Wildman–Crippen MR) is 75.6 cm³/mol. The van der Waals surface area contributed by atoms with Crippen molar-refractivity contribution in [1.29, 1.82) is 0 Å². The molecule has 0 spiro atoms. The quantitative estimate of drug-likeness (QED) is 0.811. The van der Waals surface area contributed by atoms with Crippen LogP contribution in [0.4, 0.5) is 0 Å². The third kappa shape index (κ3) is 4.09. The van der Waals surface area contributed by atoms with Crippen LogP contribution in [-0.2, 0) is 0 Å². The number of thiophene rings is 1. The molecular formula is C14H24N2S. The van der Waals surface area contributed by atoms with Gasteiger partial charge in [0.1, 0.15) is 0 Å². The van der Waals surface area contributed by atoms with Crippen molar-refractivity contribution >= 4 is 11.3 Å². The van der Waals surface area contributed by atoms with Crippen LogP contribution in [0, 0.1) is 0 Å². The Morgan fingerprint density at radius 1 is 1.53 bits per heavy atom. The van der Waals surface area contributed by atoms with Crippen molar-refractivity contribution in [2.45, 2.75) is 51.1 Å². The second-order valence-corrected chi connectivity index (χ2v) is 5.89.